The molecule has 0 saturated heterocycles. The molecule has 0 radical (unpaired) electrons. The number of carbonyl (C=O) groups excluding carboxylic acids is 1. The number of ether oxygens (including phenoxy) is 1. The Hall–Kier alpha value is -0.730. The zero-order chi connectivity index (χ0) is 14.3. The molecule has 0 aliphatic heterocycles. The van der Waals surface area contributed by atoms with Crippen molar-refractivity contribution in [3.63, 3.8) is 0 Å². The molecule has 0 aromatic carbocycles. The first-order chi connectivity index (χ1) is 8.31. The number of hydrogen-bond donors (Lipinski definition) is 1. The first kappa shape index (κ1) is 17.3. The van der Waals surface area contributed by atoms with Gasteiger partial charge in [-0.25, -0.2) is 8.42 Å². The SMILES string of the molecule is CCOC(=O)CN(CC)S(=O)(=O)C(CC)C(N)=S. The second-order valence-electron chi connectivity index (χ2n) is 3.58. The fourth-order valence-corrected chi connectivity index (χ4v) is 3.72. The van der Waals surface area contributed by atoms with Crippen LogP contribution in [-0.4, -0.2) is 48.6 Å². The van der Waals surface area contributed by atoms with Crippen LogP contribution in [0, 0.1) is 0 Å². The summed E-state index contributed by atoms with van der Waals surface area (Å²) in [4.78, 5) is 11.3. The van der Waals surface area contributed by atoms with Crippen LogP contribution in [0.4, 0.5) is 0 Å². The topological polar surface area (TPSA) is 89.7 Å². The lowest BCUT2D eigenvalue weighted by Gasteiger charge is -2.24. The molecule has 18 heavy (non-hydrogen) atoms. The Morgan fingerprint density at radius 3 is 2.28 bits per heavy atom. The van der Waals surface area contributed by atoms with Crippen molar-refractivity contribution in [2.24, 2.45) is 5.73 Å². The van der Waals surface area contributed by atoms with Gasteiger partial charge in [0.25, 0.3) is 0 Å². The Morgan fingerprint density at radius 2 is 1.94 bits per heavy atom. The normalized spacial score (nSPS) is 13.3. The van der Waals surface area contributed by atoms with E-state index in [1.54, 1.807) is 20.8 Å². The van der Waals surface area contributed by atoms with E-state index < -0.39 is 21.2 Å². The maximum atomic E-state index is 12.2. The second kappa shape index (κ2) is 7.65. The molecule has 0 aliphatic carbocycles. The lowest BCUT2D eigenvalue weighted by molar-refractivity contribution is -0.143. The number of thiocarbonyl (C=S) groups is 1. The minimum Gasteiger partial charge on any atom is -0.465 e. The average molecular weight is 296 g/mol. The van der Waals surface area contributed by atoms with Crippen molar-refractivity contribution in [3.8, 4) is 0 Å². The van der Waals surface area contributed by atoms with E-state index in [0.29, 0.717) is 0 Å². The predicted molar refractivity (Wildman–Crippen MR) is 73.7 cm³/mol. The van der Waals surface area contributed by atoms with Crippen LogP contribution in [0.3, 0.4) is 0 Å². The van der Waals surface area contributed by atoms with E-state index in [1.165, 1.54) is 0 Å². The van der Waals surface area contributed by atoms with Gasteiger partial charge in [-0.15, -0.1) is 0 Å². The van der Waals surface area contributed by atoms with Crippen LogP contribution < -0.4 is 5.73 Å². The molecular formula is C10H20N2O4S2. The number of rotatable bonds is 8. The molecule has 0 aromatic rings. The summed E-state index contributed by atoms with van der Waals surface area (Å²) >= 11 is 4.75. The van der Waals surface area contributed by atoms with Crippen molar-refractivity contribution < 1.29 is 17.9 Å². The standard InChI is InChI=1S/C10H20N2O4S2/c1-4-8(10(11)17)18(14,15)12(5-2)7-9(13)16-6-3/h8H,4-7H2,1-3H3,(H2,11,17). The highest BCUT2D eigenvalue weighted by molar-refractivity contribution is 7.92. The van der Waals surface area contributed by atoms with Gasteiger partial charge in [-0.1, -0.05) is 26.1 Å². The van der Waals surface area contributed by atoms with E-state index in [4.69, 9.17) is 22.7 Å². The molecule has 0 saturated carbocycles. The summed E-state index contributed by atoms with van der Waals surface area (Å²) in [5, 5.41) is -0.943. The molecule has 0 fully saturated rings. The van der Waals surface area contributed by atoms with E-state index in [9.17, 15) is 13.2 Å². The molecule has 0 heterocycles. The number of carbonyl (C=O) groups is 1. The van der Waals surface area contributed by atoms with Crippen molar-refractivity contribution in [3.05, 3.63) is 0 Å². The Labute approximate surface area is 114 Å². The first-order valence-corrected chi connectivity index (χ1v) is 7.66. The summed E-state index contributed by atoms with van der Waals surface area (Å²) in [5.41, 5.74) is 5.42. The van der Waals surface area contributed by atoms with Gasteiger partial charge in [0.05, 0.1) is 11.6 Å². The maximum Gasteiger partial charge on any atom is 0.321 e. The number of sulfonamides is 1. The molecular weight excluding hydrogens is 276 g/mol. The van der Waals surface area contributed by atoms with Gasteiger partial charge in [0.15, 0.2) is 0 Å². The Bertz CT molecular complexity index is 395. The van der Waals surface area contributed by atoms with Crippen LogP contribution in [0.2, 0.25) is 0 Å². The lowest BCUT2D eigenvalue weighted by Crippen LogP contribution is -2.46. The first-order valence-electron chi connectivity index (χ1n) is 5.75. The van der Waals surface area contributed by atoms with Crippen molar-refractivity contribution in [2.45, 2.75) is 32.4 Å². The van der Waals surface area contributed by atoms with Crippen molar-refractivity contribution in [1.82, 2.24) is 4.31 Å². The summed E-state index contributed by atoms with van der Waals surface area (Å²) in [7, 11) is -3.71. The molecule has 106 valence electrons. The molecule has 0 bridgehead atoms. The smallest absolute Gasteiger partial charge is 0.321 e. The Kier molecular flexibility index (Phi) is 7.34. The van der Waals surface area contributed by atoms with Crippen molar-refractivity contribution in [1.29, 1.82) is 0 Å². The highest BCUT2D eigenvalue weighted by Gasteiger charge is 2.33. The predicted octanol–water partition coefficient (Wildman–Crippen LogP) is 0.266. The summed E-state index contributed by atoms with van der Waals surface area (Å²) in [5.74, 6) is -0.583. The fourth-order valence-electron chi connectivity index (χ4n) is 1.47. The third-order valence-electron chi connectivity index (χ3n) is 2.37. The zero-order valence-electron chi connectivity index (χ0n) is 10.9. The monoisotopic (exact) mass is 296 g/mol. The third kappa shape index (κ3) is 4.51. The third-order valence-corrected chi connectivity index (χ3v) is 5.22. The summed E-state index contributed by atoms with van der Waals surface area (Å²) in [6, 6.07) is 0. The maximum absolute atomic E-state index is 12.2. The van der Waals surface area contributed by atoms with Crippen LogP contribution >= 0.6 is 12.2 Å². The van der Waals surface area contributed by atoms with E-state index in [2.05, 4.69) is 0 Å². The zero-order valence-corrected chi connectivity index (χ0v) is 12.5. The van der Waals surface area contributed by atoms with Crippen molar-refractivity contribution >= 4 is 33.2 Å². The van der Waals surface area contributed by atoms with E-state index in [-0.39, 0.29) is 31.1 Å². The highest BCUT2D eigenvalue weighted by Crippen LogP contribution is 2.13. The number of esters is 1. The quantitative estimate of drug-likeness (QED) is 0.511. The second-order valence-corrected chi connectivity index (χ2v) is 6.16. The minimum atomic E-state index is -3.71. The highest BCUT2D eigenvalue weighted by atomic mass is 32.2. The lowest BCUT2D eigenvalue weighted by atomic mass is 10.3. The molecule has 1 atom stereocenters. The molecule has 0 spiro atoms. The number of likely N-dealkylation sites (N-methyl/N-ethyl adjacent to an activating group) is 1. The fraction of sp³-hybridized carbons (Fsp3) is 0.800. The van der Waals surface area contributed by atoms with Gasteiger partial charge in [0.1, 0.15) is 11.8 Å². The van der Waals surface area contributed by atoms with Gasteiger partial charge in [0, 0.05) is 6.54 Å². The minimum absolute atomic E-state index is 0.0835. The van der Waals surface area contributed by atoms with Gasteiger partial charge in [-0.2, -0.15) is 4.31 Å². The van der Waals surface area contributed by atoms with Crippen LogP contribution in [-0.2, 0) is 19.6 Å². The molecule has 8 heteroatoms. The van der Waals surface area contributed by atoms with Gasteiger partial charge in [-0.3, -0.25) is 4.79 Å². The number of hydrogen-bond acceptors (Lipinski definition) is 5. The van der Waals surface area contributed by atoms with Gasteiger partial charge >= 0.3 is 5.97 Å². The van der Waals surface area contributed by atoms with Crippen LogP contribution in [0.1, 0.15) is 27.2 Å². The summed E-state index contributed by atoms with van der Waals surface area (Å²) in [6.45, 7) is 5.05. The molecule has 1 unspecified atom stereocenters. The van der Waals surface area contributed by atoms with Crippen LogP contribution in [0.25, 0.3) is 0 Å². The molecule has 0 rings (SSSR count). The molecule has 0 amide bonds. The molecule has 2 N–H and O–H groups in total. The average Bonchev–Trinajstić information content (AvgIpc) is 2.25. The van der Waals surface area contributed by atoms with Gasteiger partial charge < -0.3 is 10.5 Å². The van der Waals surface area contributed by atoms with E-state index >= 15 is 0 Å². The van der Waals surface area contributed by atoms with Crippen LogP contribution in [0.5, 0.6) is 0 Å². The van der Waals surface area contributed by atoms with E-state index in [1.807, 2.05) is 0 Å². The number of nitrogens with two attached hydrogens (primary N) is 1. The summed E-state index contributed by atoms with van der Waals surface area (Å²) < 4.78 is 30.2. The molecule has 0 aliphatic rings. The summed E-state index contributed by atoms with van der Waals surface area (Å²) in [6.07, 6.45) is 0.275. The van der Waals surface area contributed by atoms with Gasteiger partial charge in [-0.05, 0) is 13.3 Å². The molecule has 6 nitrogen and oxygen atoms in total. The number of nitrogens with zero attached hydrogens (tertiary/aromatic N) is 1. The van der Waals surface area contributed by atoms with Crippen LogP contribution in [0.15, 0.2) is 0 Å². The largest absolute Gasteiger partial charge is 0.465 e. The Balaban J connectivity index is 5.03. The Morgan fingerprint density at radius 1 is 1.39 bits per heavy atom. The van der Waals surface area contributed by atoms with E-state index in [0.717, 1.165) is 4.31 Å². The molecule has 0 aromatic heterocycles. The van der Waals surface area contributed by atoms with Gasteiger partial charge in [0.2, 0.25) is 10.0 Å². The van der Waals surface area contributed by atoms with Crippen molar-refractivity contribution in [2.75, 3.05) is 19.7 Å².